The van der Waals surface area contributed by atoms with Gasteiger partial charge in [0.05, 0.1) is 28.1 Å². The van der Waals surface area contributed by atoms with E-state index in [-0.39, 0.29) is 37.0 Å². The van der Waals surface area contributed by atoms with Gasteiger partial charge in [-0.1, -0.05) is 18.2 Å². The molecule has 0 aliphatic carbocycles. The molecule has 4 aromatic rings. The van der Waals surface area contributed by atoms with E-state index in [1.165, 1.54) is 11.3 Å². The third-order valence-electron chi connectivity index (χ3n) is 6.08. The minimum atomic E-state index is -1.08. The van der Waals surface area contributed by atoms with Crippen molar-refractivity contribution in [3.05, 3.63) is 76.0 Å². The number of aromatic nitrogens is 2. The second-order valence-corrected chi connectivity index (χ2v) is 10.8. The number of ether oxygens (including phenoxy) is 1. The number of anilines is 2. The summed E-state index contributed by atoms with van der Waals surface area (Å²) in [6, 6.07) is 17.6. The number of aliphatic hydroxyl groups is 1. The van der Waals surface area contributed by atoms with Crippen molar-refractivity contribution < 1.29 is 24.2 Å². The van der Waals surface area contributed by atoms with E-state index in [4.69, 9.17) is 4.74 Å². The Bertz CT molecular complexity index is 1520. The summed E-state index contributed by atoms with van der Waals surface area (Å²) in [6.07, 6.45) is -0.481. The molecule has 3 heterocycles. The molecule has 11 heteroatoms. The number of hydrogen-bond donors (Lipinski definition) is 3. The normalized spacial score (nSPS) is 15.3. The Labute approximate surface area is 222 Å². The Balaban J connectivity index is 1.44. The summed E-state index contributed by atoms with van der Waals surface area (Å²) in [5.41, 5.74) is 1.38. The lowest BCUT2D eigenvalue weighted by Gasteiger charge is -2.20. The van der Waals surface area contributed by atoms with Gasteiger partial charge in [0.25, 0.3) is 11.8 Å². The number of cyclic esters (lactones) is 1. The molecule has 3 N–H and O–H groups in total. The lowest BCUT2D eigenvalue weighted by atomic mass is 10.1. The molecule has 196 valence electrons. The lowest BCUT2D eigenvalue weighted by Crippen LogP contribution is -2.27. The van der Waals surface area contributed by atoms with E-state index in [1.54, 1.807) is 66.8 Å². The van der Waals surface area contributed by atoms with Gasteiger partial charge in [-0.25, -0.2) is 9.78 Å². The van der Waals surface area contributed by atoms with Crippen LogP contribution in [0.1, 0.15) is 44.8 Å². The average molecular weight is 534 g/mol. The maximum atomic E-state index is 13.1. The maximum Gasteiger partial charge on any atom is 0.407 e. The first kappa shape index (κ1) is 25.4. The first-order valence-corrected chi connectivity index (χ1v) is 12.8. The second kappa shape index (κ2) is 9.92. The Hall–Kier alpha value is -4.22. The molecule has 5 rings (SSSR count). The first-order valence-electron chi connectivity index (χ1n) is 12.0. The van der Waals surface area contributed by atoms with Gasteiger partial charge in [-0.15, -0.1) is 11.3 Å². The number of carbonyl (C=O) groups excluding carboxylic acids is 3. The van der Waals surface area contributed by atoms with Gasteiger partial charge in [0.15, 0.2) is 0 Å². The third-order valence-corrected chi connectivity index (χ3v) is 7.28. The summed E-state index contributed by atoms with van der Waals surface area (Å²) in [4.78, 5) is 44.9. The Kier molecular flexibility index (Phi) is 6.64. The second-order valence-electron chi connectivity index (χ2n) is 9.69. The number of hydrogen-bond acceptors (Lipinski definition) is 7. The standard InChI is InChI=1S/C27H27N5O5S/c1-27(2,36)15-32-20-10-9-17(31(3)24(34)16-7-5-4-6-8-16)13-18(20)28-25(32)30-23(33)22-12-11-21(38-22)19-14-37-26(35)29-19/h4-13,19,36H,14-15H2,1-3H3,(H,29,35)(H,28,30,33). The van der Waals surface area contributed by atoms with E-state index in [9.17, 15) is 19.5 Å². The quantitative estimate of drug-likeness (QED) is 0.327. The zero-order valence-electron chi connectivity index (χ0n) is 21.1. The number of rotatable bonds is 7. The topological polar surface area (TPSA) is 126 Å². The van der Waals surface area contributed by atoms with E-state index in [1.807, 2.05) is 24.3 Å². The molecule has 1 aliphatic heterocycles. The largest absolute Gasteiger partial charge is 0.447 e. The summed E-state index contributed by atoms with van der Waals surface area (Å²) in [6.45, 7) is 3.74. The van der Waals surface area contributed by atoms with Crippen LogP contribution in [0.5, 0.6) is 0 Å². The Morgan fingerprint density at radius 1 is 1.21 bits per heavy atom. The molecule has 1 fully saturated rings. The van der Waals surface area contributed by atoms with Crippen LogP contribution in [0.15, 0.2) is 60.7 Å². The number of thiophene rings is 1. The molecule has 38 heavy (non-hydrogen) atoms. The molecule has 2 aromatic heterocycles. The SMILES string of the molecule is CN(C(=O)c1ccccc1)c1ccc2c(c1)nc(NC(=O)c1ccc(C3COC(=O)N3)s1)n2CC(C)(C)O. The molecule has 0 spiro atoms. The number of imidazole rings is 1. The van der Waals surface area contributed by atoms with Crippen molar-refractivity contribution in [3.63, 3.8) is 0 Å². The monoisotopic (exact) mass is 533 g/mol. The van der Waals surface area contributed by atoms with Crippen molar-refractivity contribution in [1.82, 2.24) is 14.9 Å². The van der Waals surface area contributed by atoms with Gasteiger partial charge in [-0.05, 0) is 56.3 Å². The Morgan fingerprint density at radius 3 is 2.66 bits per heavy atom. The van der Waals surface area contributed by atoms with Crippen LogP contribution >= 0.6 is 11.3 Å². The first-order chi connectivity index (χ1) is 18.1. The van der Waals surface area contributed by atoms with Crippen LogP contribution in [0.4, 0.5) is 16.4 Å². The van der Waals surface area contributed by atoms with Crippen LogP contribution in [-0.4, -0.2) is 51.8 Å². The number of fused-ring (bicyclic) bond motifs is 1. The van der Waals surface area contributed by atoms with Crippen LogP contribution in [-0.2, 0) is 11.3 Å². The molecule has 1 unspecified atom stereocenters. The lowest BCUT2D eigenvalue weighted by molar-refractivity contribution is 0.0630. The summed E-state index contributed by atoms with van der Waals surface area (Å²) >= 11 is 1.26. The molecule has 0 radical (unpaired) electrons. The minimum absolute atomic E-state index is 0.160. The highest BCUT2D eigenvalue weighted by atomic mass is 32.1. The van der Waals surface area contributed by atoms with E-state index in [2.05, 4.69) is 15.6 Å². The number of nitrogens with one attached hydrogen (secondary N) is 2. The van der Waals surface area contributed by atoms with Crippen molar-refractivity contribution in [2.75, 3.05) is 23.9 Å². The van der Waals surface area contributed by atoms with Gasteiger partial charge >= 0.3 is 6.09 Å². The molecule has 3 amide bonds. The molecule has 10 nitrogen and oxygen atoms in total. The van der Waals surface area contributed by atoms with Gasteiger partial charge in [-0.2, -0.15) is 0 Å². The van der Waals surface area contributed by atoms with Gasteiger partial charge in [0.1, 0.15) is 12.6 Å². The van der Waals surface area contributed by atoms with E-state index in [0.717, 1.165) is 4.88 Å². The summed E-state index contributed by atoms with van der Waals surface area (Å²) in [7, 11) is 1.69. The van der Waals surface area contributed by atoms with Gasteiger partial charge in [0.2, 0.25) is 5.95 Å². The fourth-order valence-corrected chi connectivity index (χ4v) is 5.16. The predicted molar refractivity (Wildman–Crippen MR) is 145 cm³/mol. The van der Waals surface area contributed by atoms with Crippen LogP contribution in [0.25, 0.3) is 11.0 Å². The molecule has 1 aliphatic rings. The molecular weight excluding hydrogens is 506 g/mol. The molecular formula is C27H27N5O5S. The highest BCUT2D eigenvalue weighted by Crippen LogP contribution is 2.29. The Morgan fingerprint density at radius 2 is 1.97 bits per heavy atom. The molecule has 0 bridgehead atoms. The minimum Gasteiger partial charge on any atom is -0.447 e. The van der Waals surface area contributed by atoms with Crippen LogP contribution < -0.4 is 15.5 Å². The van der Waals surface area contributed by atoms with Gasteiger partial charge in [-0.3, -0.25) is 14.9 Å². The van der Waals surface area contributed by atoms with E-state index >= 15 is 0 Å². The molecule has 1 saturated heterocycles. The summed E-state index contributed by atoms with van der Waals surface area (Å²) in [5, 5.41) is 16.1. The van der Waals surface area contributed by atoms with E-state index in [0.29, 0.717) is 27.2 Å². The highest BCUT2D eigenvalue weighted by Gasteiger charge is 2.27. The zero-order chi connectivity index (χ0) is 27.0. The molecule has 0 saturated carbocycles. The highest BCUT2D eigenvalue weighted by molar-refractivity contribution is 7.14. The third kappa shape index (κ3) is 5.24. The summed E-state index contributed by atoms with van der Waals surface area (Å²) in [5.74, 6) is -0.254. The van der Waals surface area contributed by atoms with Crippen LogP contribution in [0.3, 0.4) is 0 Å². The van der Waals surface area contributed by atoms with E-state index < -0.39 is 11.7 Å². The summed E-state index contributed by atoms with van der Waals surface area (Å²) < 4.78 is 6.69. The van der Waals surface area contributed by atoms with Crippen molar-refractivity contribution >= 4 is 51.9 Å². The molecule has 1 atom stereocenters. The fraction of sp³-hybridized carbons (Fsp3) is 0.259. The molecule has 2 aromatic carbocycles. The van der Waals surface area contributed by atoms with Crippen molar-refractivity contribution in [1.29, 1.82) is 0 Å². The van der Waals surface area contributed by atoms with Crippen molar-refractivity contribution in [2.24, 2.45) is 0 Å². The zero-order valence-corrected chi connectivity index (χ0v) is 21.9. The van der Waals surface area contributed by atoms with Crippen LogP contribution in [0.2, 0.25) is 0 Å². The maximum absolute atomic E-state index is 13.1. The number of amides is 3. The average Bonchev–Trinajstić information content (AvgIpc) is 3.62. The number of alkyl carbamates (subject to hydrolysis) is 1. The van der Waals surface area contributed by atoms with Gasteiger partial charge < -0.3 is 24.6 Å². The van der Waals surface area contributed by atoms with Crippen LogP contribution in [0, 0.1) is 0 Å². The smallest absolute Gasteiger partial charge is 0.407 e. The van der Waals surface area contributed by atoms with Crippen molar-refractivity contribution in [2.45, 2.75) is 32.0 Å². The number of carbonyl (C=O) groups is 3. The van der Waals surface area contributed by atoms with Gasteiger partial charge in [0, 0.05) is 23.2 Å². The number of benzene rings is 2. The number of nitrogens with zero attached hydrogens (tertiary/aromatic N) is 3. The fourth-order valence-electron chi connectivity index (χ4n) is 4.22. The van der Waals surface area contributed by atoms with Crippen molar-refractivity contribution in [3.8, 4) is 0 Å². The predicted octanol–water partition coefficient (Wildman–Crippen LogP) is 4.18.